The van der Waals surface area contributed by atoms with Crippen LogP contribution >= 0.6 is 0 Å². The lowest BCUT2D eigenvalue weighted by Gasteiger charge is -2.16. The molecule has 0 spiro atoms. The summed E-state index contributed by atoms with van der Waals surface area (Å²) >= 11 is 0. The maximum Gasteiger partial charge on any atom is 0.304 e. The Hall–Kier alpha value is -1.75. The minimum absolute atomic E-state index is 0.177. The van der Waals surface area contributed by atoms with Gasteiger partial charge in [0.25, 0.3) is 0 Å². The molecule has 1 heterocycles. The van der Waals surface area contributed by atoms with E-state index in [4.69, 9.17) is 14.6 Å². The molecule has 0 atom stereocenters. The molecule has 5 nitrogen and oxygen atoms in total. The Morgan fingerprint density at radius 1 is 1.32 bits per heavy atom. The van der Waals surface area contributed by atoms with E-state index in [1.54, 1.807) is 0 Å². The number of ether oxygens (including phenoxy) is 2. The molecule has 104 valence electrons. The van der Waals surface area contributed by atoms with Gasteiger partial charge in [-0.25, -0.2) is 0 Å². The topological polar surface area (TPSA) is 59.0 Å². The van der Waals surface area contributed by atoms with Crippen LogP contribution in [-0.2, 0) is 11.2 Å². The average Bonchev–Trinajstić information content (AvgIpc) is 2.80. The zero-order valence-electron chi connectivity index (χ0n) is 11.3. The summed E-state index contributed by atoms with van der Waals surface area (Å²) in [4.78, 5) is 12.5. The van der Waals surface area contributed by atoms with Gasteiger partial charge in [-0.05, 0) is 43.7 Å². The average molecular weight is 265 g/mol. The first kappa shape index (κ1) is 13.7. The van der Waals surface area contributed by atoms with Gasteiger partial charge < -0.3 is 19.5 Å². The highest BCUT2D eigenvalue weighted by Gasteiger charge is 2.15. The van der Waals surface area contributed by atoms with Gasteiger partial charge in [-0.1, -0.05) is 0 Å². The molecule has 0 aromatic heterocycles. The van der Waals surface area contributed by atoms with E-state index in [2.05, 4.69) is 6.92 Å². The summed E-state index contributed by atoms with van der Waals surface area (Å²) in [6, 6.07) is 4.01. The highest BCUT2D eigenvalue weighted by Crippen LogP contribution is 2.34. The number of aryl methyl sites for hydroxylation is 1. The molecule has 0 saturated carbocycles. The number of aliphatic carboxylic acids is 1. The summed E-state index contributed by atoms with van der Waals surface area (Å²) in [6.07, 6.45) is 1.05. The van der Waals surface area contributed by atoms with Crippen molar-refractivity contribution in [2.75, 3.05) is 26.9 Å². The maximum absolute atomic E-state index is 10.5. The number of fused-ring (bicyclic) bond motifs is 1. The number of carboxylic acid groups (broad SMARTS) is 1. The lowest BCUT2D eigenvalue weighted by Crippen LogP contribution is -2.24. The highest BCUT2D eigenvalue weighted by molar-refractivity contribution is 5.66. The van der Waals surface area contributed by atoms with E-state index >= 15 is 0 Å². The van der Waals surface area contributed by atoms with E-state index in [0.717, 1.165) is 24.5 Å². The second-order valence-electron chi connectivity index (χ2n) is 4.83. The summed E-state index contributed by atoms with van der Waals surface area (Å²) < 4.78 is 10.7. The van der Waals surface area contributed by atoms with Crippen molar-refractivity contribution in [3.8, 4) is 11.5 Å². The van der Waals surface area contributed by atoms with E-state index in [0.29, 0.717) is 6.54 Å². The molecule has 1 aliphatic heterocycles. The Balaban J connectivity index is 1.91. The monoisotopic (exact) mass is 265 g/mol. The fraction of sp³-hybridized carbons (Fsp3) is 0.500. The van der Waals surface area contributed by atoms with Crippen molar-refractivity contribution in [3.05, 3.63) is 23.3 Å². The van der Waals surface area contributed by atoms with Crippen LogP contribution in [0.3, 0.4) is 0 Å². The Kier molecular flexibility index (Phi) is 4.27. The number of hydrogen-bond acceptors (Lipinski definition) is 4. The first-order chi connectivity index (χ1) is 9.06. The fourth-order valence-electron chi connectivity index (χ4n) is 2.06. The SMILES string of the molecule is Cc1cc2c(cc1CCN(C)CCC(=O)O)OCO2. The van der Waals surface area contributed by atoms with Crippen LogP contribution in [0, 0.1) is 6.92 Å². The number of carboxylic acids is 1. The Morgan fingerprint density at radius 2 is 2.00 bits per heavy atom. The Bertz CT molecular complexity index is 473. The van der Waals surface area contributed by atoms with Crippen molar-refractivity contribution in [2.24, 2.45) is 0 Å². The number of carbonyl (C=O) groups is 1. The smallest absolute Gasteiger partial charge is 0.304 e. The van der Waals surface area contributed by atoms with E-state index in [-0.39, 0.29) is 13.2 Å². The zero-order valence-corrected chi connectivity index (χ0v) is 11.3. The molecular weight excluding hydrogens is 246 g/mol. The molecule has 0 bridgehead atoms. The molecule has 1 N–H and O–H groups in total. The number of rotatable bonds is 6. The van der Waals surface area contributed by atoms with Gasteiger partial charge in [0.1, 0.15) is 0 Å². The maximum atomic E-state index is 10.5. The van der Waals surface area contributed by atoms with Crippen molar-refractivity contribution in [2.45, 2.75) is 19.8 Å². The van der Waals surface area contributed by atoms with Crippen LogP contribution in [0.2, 0.25) is 0 Å². The van der Waals surface area contributed by atoms with Gasteiger partial charge >= 0.3 is 5.97 Å². The first-order valence-corrected chi connectivity index (χ1v) is 6.35. The number of nitrogens with zero attached hydrogens (tertiary/aromatic N) is 1. The second-order valence-corrected chi connectivity index (χ2v) is 4.83. The third kappa shape index (κ3) is 3.61. The van der Waals surface area contributed by atoms with Gasteiger partial charge in [0.15, 0.2) is 11.5 Å². The molecule has 0 saturated heterocycles. The molecule has 0 aliphatic carbocycles. The summed E-state index contributed by atoms with van der Waals surface area (Å²) in [5, 5.41) is 8.64. The van der Waals surface area contributed by atoms with Crippen molar-refractivity contribution in [1.82, 2.24) is 4.90 Å². The fourth-order valence-corrected chi connectivity index (χ4v) is 2.06. The standard InChI is InChI=1S/C14H19NO4/c1-10-7-12-13(19-9-18-12)8-11(10)3-5-15(2)6-4-14(16)17/h7-8H,3-6,9H2,1-2H3,(H,16,17). The van der Waals surface area contributed by atoms with Crippen LogP contribution in [0.1, 0.15) is 17.5 Å². The minimum atomic E-state index is -0.758. The third-order valence-electron chi connectivity index (χ3n) is 3.30. The van der Waals surface area contributed by atoms with E-state index in [1.165, 1.54) is 11.1 Å². The highest BCUT2D eigenvalue weighted by atomic mass is 16.7. The molecule has 0 amide bonds. The van der Waals surface area contributed by atoms with Crippen molar-refractivity contribution in [1.29, 1.82) is 0 Å². The molecule has 0 radical (unpaired) electrons. The number of hydrogen-bond donors (Lipinski definition) is 1. The van der Waals surface area contributed by atoms with Gasteiger partial charge in [-0.3, -0.25) is 4.79 Å². The summed E-state index contributed by atoms with van der Waals surface area (Å²) in [6.45, 7) is 3.73. The van der Waals surface area contributed by atoms with Crippen LogP contribution in [0.4, 0.5) is 0 Å². The van der Waals surface area contributed by atoms with Crippen LogP contribution in [-0.4, -0.2) is 42.9 Å². The molecule has 2 rings (SSSR count). The normalized spacial score (nSPS) is 13.0. The van der Waals surface area contributed by atoms with Gasteiger partial charge in [0.2, 0.25) is 6.79 Å². The van der Waals surface area contributed by atoms with Gasteiger partial charge in [-0.2, -0.15) is 0 Å². The van der Waals surface area contributed by atoms with Crippen LogP contribution in [0.15, 0.2) is 12.1 Å². The number of benzene rings is 1. The van der Waals surface area contributed by atoms with Gasteiger partial charge in [0.05, 0.1) is 6.42 Å². The molecule has 0 fully saturated rings. The van der Waals surface area contributed by atoms with Crippen LogP contribution in [0.25, 0.3) is 0 Å². The molecular formula is C14H19NO4. The van der Waals surface area contributed by atoms with Gasteiger partial charge in [0, 0.05) is 13.1 Å². The predicted molar refractivity (Wildman–Crippen MR) is 70.8 cm³/mol. The van der Waals surface area contributed by atoms with Crippen LogP contribution in [0.5, 0.6) is 11.5 Å². The lowest BCUT2D eigenvalue weighted by molar-refractivity contribution is -0.137. The van der Waals surface area contributed by atoms with E-state index in [9.17, 15) is 4.79 Å². The molecule has 0 unspecified atom stereocenters. The zero-order chi connectivity index (χ0) is 13.8. The van der Waals surface area contributed by atoms with Crippen molar-refractivity contribution < 1.29 is 19.4 Å². The predicted octanol–water partition coefficient (Wildman–Crippen LogP) is 1.67. The Labute approximate surface area is 112 Å². The van der Waals surface area contributed by atoms with E-state index < -0.39 is 5.97 Å². The van der Waals surface area contributed by atoms with Crippen LogP contribution < -0.4 is 9.47 Å². The summed E-state index contributed by atoms with van der Waals surface area (Å²) in [7, 11) is 1.94. The lowest BCUT2D eigenvalue weighted by atomic mass is 10.0. The molecule has 1 aromatic carbocycles. The molecule has 1 aliphatic rings. The first-order valence-electron chi connectivity index (χ1n) is 6.35. The Morgan fingerprint density at radius 3 is 2.68 bits per heavy atom. The molecule has 5 heteroatoms. The summed E-state index contributed by atoms with van der Waals surface area (Å²) in [5.41, 5.74) is 2.39. The van der Waals surface area contributed by atoms with E-state index in [1.807, 2.05) is 24.1 Å². The molecule has 19 heavy (non-hydrogen) atoms. The number of likely N-dealkylation sites (N-methyl/N-ethyl adjacent to an activating group) is 1. The molecule has 1 aromatic rings. The summed E-state index contributed by atoms with van der Waals surface area (Å²) in [5.74, 6) is 0.848. The van der Waals surface area contributed by atoms with Gasteiger partial charge in [-0.15, -0.1) is 0 Å². The second kappa shape index (κ2) is 5.93. The third-order valence-corrected chi connectivity index (χ3v) is 3.30. The van der Waals surface area contributed by atoms with Crippen molar-refractivity contribution in [3.63, 3.8) is 0 Å². The van der Waals surface area contributed by atoms with Crippen molar-refractivity contribution >= 4 is 5.97 Å². The minimum Gasteiger partial charge on any atom is -0.481 e. The largest absolute Gasteiger partial charge is 0.481 e. The quantitative estimate of drug-likeness (QED) is 0.848.